The Morgan fingerprint density at radius 3 is 2.71 bits per heavy atom. The first-order valence-corrected chi connectivity index (χ1v) is 8.83. The Morgan fingerprint density at radius 1 is 1.25 bits per heavy atom. The van der Waals surface area contributed by atoms with E-state index in [0.717, 1.165) is 42.7 Å². The molecule has 2 aromatic heterocycles. The van der Waals surface area contributed by atoms with E-state index in [9.17, 15) is 0 Å². The number of aromatic nitrogens is 2. The van der Waals surface area contributed by atoms with Crippen LogP contribution in [0.4, 0.5) is 10.9 Å². The Labute approximate surface area is 146 Å². The Bertz CT molecular complexity index is 675. The van der Waals surface area contributed by atoms with E-state index in [4.69, 9.17) is 5.73 Å². The van der Waals surface area contributed by atoms with Gasteiger partial charge < -0.3 is 20.4 Å². The minimum Gasteiger partial charge on any atom is -0.370 e. The SMILES string of the molecule is CN(C)c1cc(CN=C(N)N2CCN(c3nccs3)CC2)ccn1. The summed E-state index contributed by atoms with van der Waals surface area (Å²) in [5, 5.41) is 3.09. The van der Waals surface area contributed by atoms with Gasteiger partial charge in [-0.3, -0.25) is 0 Å². The molecule has 0 radical (unpaired) electrons. The van der Waals surface area contributed by atoms with Crippen LogP contribution in [0.5, 0.6) is 0 Å². The number of pyridine rings is 1. The second kappa shape index (κ2) is 7.48. The summed E-state index contributed by atoms with van der Waals surface area (Å²) < 4.78 is 0. The highest BCUT2D eigenvalue weighted by Crippen LogP contribution is 2.18. The average molecular weight is 345 g/mol. The molecule has 1 fully saturated rings. The van der Waals surface area contributed by atoms with Gasteiger partial charge in [0.1, 0.15) is 5.82 Å². The number of guanidine groups is 1. The van der Waals surface area contributed by atoms with Gasteiger partial charge in [-0.15, -0.1) is 11.3 Å². The van der Waals surface area contributed by atoms with Crippen LogP contribution < -0.4 is 15.5 Å². The zero-order chi connectivity index (χ0) is 16.9. The lowest BCUT2D eigenvalue weighted by Gasteiger charge is -2.35. The van der Waals surface area contributed by atoms with Crippen molar-refractivity contribution in [1.29, 1.82) is 0 Å². The minimum absolute atomic E-state index is 0.571. The van der Waals surface area contributed by atoms with Crippen molar-refractivity contribution in [2.45, 2.75) is 6.54 Å². The van der Waals surface area contributed by atoms with E-state index in [-0.39, 0.29) is 0 Å². The molecule has 3 rings (SSSR count). The third-order valence-corrected chi connectivity index (χ3v) is 4.82. The number of hydrogen-bond donors (Lipinski definition) is 1. The van der Waals surface area contributed by atoms with Crippen molar-refractivity contribution in [3.63, 3.8) is 0 Å². The second-order valence-corrected chi connectivity index (χ2v) is 6.75. The molecule has 2 aromatic rings. The highest BCUT2D eigenvalue weighted by Gasteiger charge is 2.19. The van der Waals surface area contributed by atoms with Crippen LogP contribution in [0.3, 0.4) is 0 Å². The molecule has 0 saturated carbocycles. The predicted molar refractivity (Wildman–Crippen MR) is 99.8 cm³/mol. The molecule has 3 heterocycles. The van der Waals surface area contributed by atoms with Crippen molar-refractivity contribution in [3.05, 3.63) is 35.5 Å². The quantitative estimate of drug-likeness (QED) is 0.664. The fourth-order valence-electron chi connectivity index (χ4n) is 2.57. The first kappa shape index (κ1) is 16.5. The molecule has 0 bridgehead atoms. The highest BCUT2D eigenvalue weighted by molar-refractivity contribution is 7.13. The van der Waals surface area contributed by atoms with Gasteiger partial charge in [-0.25, -0.2) is 15.0 Å². The molecule has 1 aliphatic heterocycles. The van der Waals surface area contributed by atoms with Crippen LogP contribution in [-0.4, -0.2) is 61.1 Å². The summed E-state index contributed by atoms with van der Waals surface area (Å²) in [6, 6.07) is 4.02. The van der Waals surface area contributed by atoms with Crippen molar-refractivity contribution in [2.75, 3.05) is 50.1 Å². The van der Waals surface area contributed by atoms with Crippen molar-refractivity contribution in [1.82, 2.24) is 14.9 Å². The van der Waals surface area contributed by atoms with Gasteiger partial charge in [0.2, 0.25) is 0 Å². The topological polar surface area (TPSA) is 73.9 Å². The Balaban J connectivity index is 1.56. The molecule has 0 spiro atoms. The van der Waals surface area contributed by atoms with E-state index < -0.39 is 0 Å². The van der Waals surface area contributed by atoms with Crippen LogP contribution in [0, 0.1) is 0 Å². The van der Waals surface area contributed by atoms with E-state index >= 15 is 0 Å². The Kier molecular flexibility index (Phi) is 5.14. The van der Waals surface area contributed by atoms with Gasteiger partial charge in [-0.2, -0.15) is 0 Å². The fraction of sp³-hybridized carbons (Fsp3) is 0.438. The third-order valence-electron chi connectivity index (χ3n) is 3.99. The Hall–Kier alpha value is -2.35. The minimum atomic E-state index is 0.571. The molecule has 0 unspecified atom stereocenters. The number of rotatable bonds is 4. The molecule has 1 aliphatic rings. The van der Waals surface area contributed by atoms with E-state index in [0.29, 0.717) is 12.5 Å². The molecule has 7 nitrogen and oxygen atoms in total. The summed E-state index contributed by atoms with van der Waals surface area (Å²) in [6.45, 7) is 4.15. The number of hydrogen-bond acceptors (Lipinski definition) is 6. The average Bonchev–Trinajstić information content (AvgIpc) is 3.14. The number of nitrogens with two attached hydrogens (primary N) is 1. The fourth-order valence-corrected chi connectivity index (χ4v) is 3.27. The monoisotopic (exact) mass is 345 g/mol. The largest absolute Gasteiger partial charge is 0.370 e. The van der Waals surface area contributed by atoms with Crippen LogP contribution in [0.1, 0.15) is 5.56 Å². The summed E-state index contributed by atoms with van der Waals surface area (Å²) in [6.07, 6.45) is 3.65. The van der Waals surface area contributed by atoms with Crippen LogP contribution in [0.15, 0.2) is 34.9 Å². The summed E-state index contributed by atoms with van der Waals surface area (Å²) in [5.74, 6) is 1.54. The maximum atomic E-state index is 6.18. The van der Waals surface area contributed by atoms with Crippen LogP contribution in [0.2, 0.25) is 0 Å². The zero-order valence-corrected chi connectivity index (χ0v) is 14.9. The lowest BCUT2D eigenvalue weighted by molar-refractivity contribution is 0.380. The summed E-state index contributed by atoms with van der Waals surface area (Å²) >= 11 is 1.68. The standard InChI is InChI=1S/C16H23N7S/c1-21(2)14-11-13(3-4-18-14)12-20-15(17)22-6-8-23(9-7-22)16-19-5-10-24-16/h3-5,10-11H,6-9,12H2,1-2H3,(H2,17,20). The third kappa shape index (κ3) is 3.94. The lowest BCUT2D eigenvalue weighted by Crippen LogP contribution is -2.51. The molecule has 0 atom stereocenters. The van der Waals surface area contributed by atoms with Crippen molar-refractivity contribution in [2.24, 2.45) is 10.7 Å². The number of piperazine rings is 1. The van der Waals surface area contributed by atoms with Crippen molar-refractivity contribution in [3.8, 4) is 0 Å². The molecule has 0 aliphatic carbocycles. The van der Waals surface area contributed by atoms with E-state index in [2.05, 4.69) is 24.8 Å². The first-order valence-electron chi connectivity index (χ1n) is 7.95. The van der Waals surface area contributed by atoms with Gasteiger partial charge in [0, 0.05) is 58.0 Å². The van der Waals surface area contributed by atoms with Gasteiger partial charge in [-0.1, -0.05) is 0 Å². The summed E-state index contributed by atoms with van der Waals surface area (Å²) in [7, 11) is 3.96. The number of thiazole rings is 1. The van der Waals surface area contributed by atoms with Crippen LogP contribution in [0.25, 0.3) is 0 Å². The number of anilines is 2. The Morgan fingerprint density at radius 2 is 2.04 bits per heavy atom. The maximum absolute atomic E-state index is 6.18. The van der Waals surface area contributed by atoms with Gasteiger partial charge in [0.05, 0.1) is 6.54 Å². The van der Waals surface area contributed by atoms with Crippen molar-refractivity contribution < 1.29 is 0 Å². The number of nitrogens with zero attached hydrogens (tertiary/aromatic N) is 6. The molecular weight excluding hydrogens is 322 g/mol. The zero-order valence-electron chi connectivity index (χ0n) is 14.1. The normalized spacial score (nSPS) is 15.7. The van der Waals surface area contributed by atoms with Crippen LogP contribution >= 0.6 is 11.3 Å². The molecule has 0 aromatic carbocycles. The molecule has 24 heavy (non-hydrogen) atoms. The molecule has 0 amide bonds. The van der Waals surface area contributed by atoms with Crippen LogP contribution in [-0.2, 0) is 6.54 Å². The number of aliphatic imine (C=N–C) groups is 1. The maximum Gasteiger partial charge on any atom is 0.191 e. The van der Waals surface area contributed by atoms with Gasteiger partial charge >= 0.3 is 0 Å². The lowest BCUT2D eigenvalue weighted by atomic mass is 10.2. The highest BCUT2D eigenvalue weighted by atomic mass is 32.1. The van der Waals surface area contributed by atoms with E-state index in [1.165, 1.54) is 0 Å². The van der Waals surface area contributed by atoms with E-state index in [1.807, 2.05) is 48.9 Å². The molecule has 2 N–H and O–H groups in total. The predicted octanol–water partition coefficient (Wildman–Crippen LogP) is 1.24. The molecule has 1 saturated heterocycles. The second-order valence-electron chi connectivity index (χ2n) is 5.88. The smallest absolute Gasteiger partial charge is 0.191 e. The van der Waals surface area contributed by atoms with Gasteiger partial charge in [-0.05, 0) is 17.7 Å². The first-order chi connectivity index (χ1) is 11.6. The van der Waals surface area contributed by atoms with Gasteiger partial charge in [0.15, 0.2) is 11.1 Å². The summed E-state index contributed by atoms with van der Waals surface area (Å²) in [4.78, 5) is 19.6. The van der Waals surface area contributed by atoms with Gasteiger partial charge in [0.25, 0.3) is 0 Å². The summed E-state index contributed by atoms with van der Waals surface area (Å²) in [5.41, 5.74) is 7.29. The molecular formula is C16H23N7S. The molecule has 128 valence electrons. The van der Waals surface area contributed by atoms with E-state index in [1.54, 1.807) is 11.3 Å². The van der Waals surface area contributed by atoms with Crippen molar-refractivity contribution >= 4 is 28.2 Å². The molecule has 8 heteroatoms.